The molecule has 3 rings (SSSR count). The number of aryl methyl sites for hydroxylation is 1. The number of hydrogen-bond donors (Lipinski definition) is 1. The normalized spacial score (nSPS) is 13.5. The van der Waals surface area contributed by atoms with E-state index in [1.165, 1.54) is 44.2 Å². The predicted molar refractivity (Wildman–Crippen MR) is 124 cm³/mol. The molecule has 1 atom stereocenters. The molecule has 0 amide bonds. The van der Waals surface area contributed by atoms with Gasteiger partial charge in [0, 0.05) is 25.8 Å². The maximum atomic E-state index is 12.8. The first-order valence-corrected chi connectivity index (χ1v) is 13.6. The minimum absolute atomic E-state index is 0.00787. The third kappa shape index (κ3) is 5.68. The lowest BCUT2D eigenvalue weighted by atomic mass is 10.1. The number of nitrogens with zero attached hydrogens (tertiary/aromatic N) is 2. The molecule has 0 saturated heterocycles. The maximum absolute atomic E-state index is 12.8. The zero-order valence-electron chi connectivity index (χ0n) is 18.0. The van der Waals surface area contributed by atoms with E-state index in [0.29, 0.717) is 11.3 Å². The molecule has 0 spiro atoms. The molecule has 10 heteroatoms. The molecular formula is C22H24N3O5PS. The smallest absolute Gasteiger partial charge is 0.214 e. The Labute approximate surface area is 187 Å². The lowest BCUT2D eigenvalue weighted by Crippen LogP contribution is -2.12. The van der Waals surface area contributed by atoms with Crippen molar-refractivity contribution in [1.29, 1.82) is 0 Å². The van der Waals surface area contributed by atoms with Gasteiger partial charge in [0.15, 0.2) is 21.4 Å². The molecule has 0 saturated carbocycles. The molecule has 2 N–H and O–H groups in total. The van der Waals surface area contributed by atoms with Crippen LogP contribution in [0.15, 0.2) is 59.6 Å². The highest BCUT2D eigenvalue weighted by molar-refractivity contribution is 7.98. The SMILES string of the molecule is CO[P@](C)(=O)CS(=O)(=O)c1ccc(CC(=O)c2nc(-c3ccc(C)cc3)cnc2N)cc1. The second-order valence-electron chi connectivity index (χ2n) is 7.54. The number of Topliss-reactive ketones (excluding diaryl/α,β-unsaturated/α-hetero) is 1. The molecule has 0 fully saturated rings. The van der Waals surface area contributed by atoms with Crippen LogP contribution in [0.5, 0.6) is 0 Å². The van der Waals surface area contributed by atoms with Gasteiger partial charge >= 0.3 is 0 Å². The Bertz CT molecular complexity index is 1290. The highest BCUT2D eigenvalue weighted by atomic mass is 32.2. The van der Waals surface area contributed by atoms with Gasteiger partial charge in [-0.2, -0.15) is 0 Å². The van der Waals surface area contributed by atoms with Crippen LogP contribution < -0.4 is 5.73 Å². The first kappa shape index (κ1) is 23.8. The number of anilines is 1. The number of nitrogen functional groups attached to an aromatic ring is 1. The molecule has 2 aromatic carbocycles. The van der Waals surface area contributed by atoms with Crippen molar-refractivity contribution in [3.63, 3.8) is 0 Å². The fourth-order valence-electron chi connectivity index (χ4n) is 2.99. The zero-order valence-corrected chi connectivity index (χ0v) is 19.7. The summed E-state index contributed by atoms with van der Waals surface area (Å²) >= 11 is 0. The van der Waals surface area contributed by atoms with Crippen LogP contribution in [0, 0.1) is 6.92 Å². The summed E-state index contributed by atoms with van der Waals surface area (Å²) in [5, 5.41) is 0. The maximum Gasteiger partial charge on any atom is 0.214 e. The number of benzene rings is 2. The number of ketones is 1. The average Bonchev–Trinajstić information content (AvgIpc) is 2.74. The molecule has 32 heavy (non-hydrogen) atoms. The van der Waals surface area contributed by atoms with Gasteiger partial charge in [0.2, 0.25) is 7.37 Å². The molecule has 1 heterocycles. The molecule has 0 aliphatic carbocycles. The van der Waals surface area contributed by atoms with Crippen molar-refractivity contribution in [2.45, 2.75) is 18.2 Å². The van der Waals surface area contributed by atoms with Crippen LogP contribution in [0.25, 0.3) is 11.3 Å². The summed E-state index contributed by atoms with van der Waals surface area (Å²) < 4.78 is 41.7. The van der Waals surface area contributed by atoms with E-state index < -0.39 is 22.7 Å². The molecule has 0 radical (unpaired) electrons. The Hall–Kier alpha value is -2.87. The van der Waals surface area contributed by atoms with Crippen LogP contribution in [0.4, 0.5) is 5.82 Å². The number of sulfone groups is 1. The number of hydrogen-bond acceptors (Lipinski definition) is 8. The Morgan fingerprint density at radius 3 is 2.31 bits per heavy atom. The average molecular weight is 473 g/mol. The van der Waals surface area contributed by atoms with Crippen molar-refractivity contribution in [2.24, 2.45) is 0 Å². The lowest BCUT2D eigenvalue weighted by Gasteiger charge is -2.11. The number of carbonyl (C=O) groups excluding carboxylic acids is 1. The number of aromatic nitrogens is 2. The summed E-state index contributed by atoms with van der Waals surface area (Å²) in [6.45, 7) is 3.25. The van der Waals surface area contributed by atoms with Gasteiger partial charge in [-0.25, -0.2) is 18.4 Å². The van der Waals surface area contributed by atoms with E-state index in [0.717, 1.165) is 11.1 Å². The van der Waals surface area contributed by atoms with Crippen molar-refractivity contribution < 1.29 is 22.3 Å². The molecule has 1 aromatic heterocycles. The summed E-state index contributed by atoms with van der Waals surface area (Å²) in [4.78, 5) is 21.3. The Morgan fingerprint density at radius 2 is 1.72 bits per heavy atom. The predicted octanol–water partition coefficient (Wildman–Crippen LogP) is 3.75. The Kier molecular flexibility index (Phi) is 6.93. The number of rotatable bonds is 8. The van der Waals surface area contributed by atoms with Crippen molar-refractivity contribution in [3.05, 3.63) is 71.5 Å². The molecule has 0 aliphatic rings. The fraction of sp³-hybridized carbons (Fsp3) is 0.227. The fourth-order valence-corrected chi connectivity index (χ4v) is 7.03. The van der Waals surface area contributed by atoms with Crippen molar-refractivity contribution in [1.82, 2.24) is 9.97 Å². The molecule has 0 bridgehead atoms. The highest BCUT2D eigenvalue weighted by Gasteiger charge is 2.26. The van der Waals surface area contributed by atoms with E-state index in [1.807, 2.05) is 31.2 Å². The largest absolute Gasteiger partial charge is 0.382 e. The van der Waals surface area contributed by atoms with Crippen LogP contribution in [0.3, 0.4) is 0 Å². The molecular weight excluding hydrogens is 449 g/mol. The second-order valence-corrected chi connectivity index (χ2v) is 12.7. The first-order valence-electron chi connectivity index (χ1n) is 9.67. The Balaban J connectivity index is 1.80. The Morgan fingerprint density at radius 1 is 1.09 bits per heavy atom. The van der Waals surface area contributed by atoms with Crippen LogP contribution >= 0.6 is 7.37 Å². The third-order valence-electron chi connectivity index (χ3n) is 4.85. The van der Waals surface area contributed by atoms with Crippen LogP contribution in [0.2, 0.25) is 0 Å². The molecule has 168 valence electrons. The third-order valence-corrected chi connectivity index (χ3v) is 9.85. The molecule has 0 unspecified atom stereocenters. The van der Waals surface area contributed by atoms with Crippen molar-refractivity contribution in [3.8, 4) is 11.3 Å². The van der Waals surface area contributed by atoms with Gasteiger partial charge in [0.05, 0.1) is 16.8 Å². The van der Waals surface area contributed by atoms with Gasteiger partial charge in [-0.05, 0) is 24.6 Å². The zero-order chi connectivity index (χ0) is 23.5. The minimum Gasteiger partial charge on any atom is -0.382 e. The van der Waals surface area contributed by atoms with E-state index in [1.54, 1.807) is 0 Å². The van der Waals surface area contributed by atoms with Crippen LogP contribution in [-0.4, -0.2) is 43.4 Å². The summed E-state index contributed by atoms with van der Waals surface area (Å²) in [6.07, 6.45) is 1.49. The lowest BCUT2D eigenvalue weighted by molar-refractivity contribution is 0.0989. The number of nitrogens with two attached hydrogens (primary N) is 1. The van der Waals surface area contributed by atoms with E-state index >= 15 is 0 Å². The summed E-state index contributed by atoms with van der Waals surface area (Å²) in [5.74, 6) is -0.305. The van der Waals surface area contributed by atoms with Gasteiger partial charge in [-0.15, -0.1) is 0 Å². The van der Waals surface area contributed by atoms with E-state index in [-0.39, 0.29) is 28.6 Å². The van der Waals surface area contributed by atoms with Gasteiger partial charge < -0.3 is 10.3 Å². The molecule has 0 aliphatic heterocycles. The highest BCUT2D eigenvalue weighted by Crippen LogP contribution is 2.44. The van der Waals surface area contributed by atoms with E-state index in [4.69, 9.17) is 10.3 Å². The summed E-state index contributed by atoms with van der Waals surface area (Å²) in [7, 11) is -5.82. The summed E-state index contributed by atoms with van der Waals surface area (Å²) in [5.41, 5.74) is 8.39. The van der Waals surface area contributed by atoms with Gasteiger partial charge in [0.25, 0.3) is 0 Å². The van der Waals surface area contributed by atoms with Gasteiger partial charge in [0.1, 0.15) is 11.2 Å². The first-order chi connectivity index (χ1) is 15.0. The molecule has 8 nitrogen and oxygen atoms in total. The quantitative estimate of drug-likeness (QED) is 0.387. The second kappa shape index (κ2) is 9.32. The standard InChI is InChI=1S/C22H24N3O5PS/c1-15-4-8-17(9-5-15)19-13-24-22(23)21(25-19)20(26)12-16-6-10-18(11-7-16)32(28,29)14-31(3,27)30-2/h4-11,13H,12,14H2,1-3H3,(H2,23,24)/t31-/m0/s1. The van der Waals surface area contributed by atoms with Gasteiger partial charge in [-0.3, -0.25) is 9.36 Å². The number of carbonyl (C=O) groups is 1. The van der Waals surface area contributed by atoms with Gasteiger partial charge in [-0.1, -0.05) is 42.0 Å². The van der Waals surface area contributed by atoms with E-state index in [2.05, 4.69) is 9.97 Å². The topological polar surface area (TPSA) is 129 Å². The van der Waals surface area contributed by atoms with E-state index in [9.17, 15) is 17.8 Å². The monoisotopic (exact) mass is 473 g/mol. The van der Waals surface area contributed by atoms with Crippen LogP contribution in [0.1, 0.15) is 21.6 Å². The molecule has 3 aromatic rings. The van der Waals surface area contributed by atoms with Crippen molar-refractivity contribution in [2.75, 3.05) is 25.0 Å². The minimum atomic E-state index is -3.79. The van der Waals surface area contributed by atoms with Crippen LogP contribution in [-0.2, 0) is 25.3 Å². The van der Waals surface area contributed by atoms with Crippen molar-refractivity contribution >= 4 is 28.8 Å². The summed E-state index contributed by atoms with van der Waals surface area (Å²) in [6, 6.07) is 13.5.